The number of morpholine rings is 1. The van der Waals surface area contributed by atoms with Gasteiger partial charge < -0.3 is 14.7 Å². The predicted molar refractivity (Wildman–Crippen MR) is 89.6 cm³/mol. The highest BCUT2D eigenvalue weighted by atomic mass is 16.5. The lowest BCUT2D eigenvalue weighted by Crippen LogP contribution is -2.36. The van der Waals surface area contributed by atoms with Crippen LogP contribution in [0.15, 0.2) is 47.5 Å². The fraction of sp³-hybridized carbons (Fsp3) is 0.278. The van der Waals surface area contributed by atoms with Crippen molar-refractivity contribution >= 4 is 17.6 Å². The molecule has 114 valence electrons. The van der Waals surface area contributed by atoms with Crippen molar-refractivity contribution in [3.8, 4) is 5.75 Å². The monoisotopic (exact) mass is 296 g/mol. The van der Waals surface area contributed by atoms with Crippen molar-refractivity contribution in [2.24, 2.45) is 4.99 Å². The number of anilines is 1. The van der Waals surface area contributed by atoms with Crippen LogP contribution in [0.3, 0.4) is 0 Å². The van der Waals surface area contributed by atoms with Gasteiger partial charge in [0.05, 0.1) is 13.2 Å². The molecule has 1 heterocycles. The average Bonchev–Trinajstić information content (AvgIpc) is 2.56. The number of rotatable bonds is 3. The SMILES string of the molecule is Cc1cc(N2CCOCC2)ccc1C=Nc1ccccc1O. The van der Waals surface area contributed by atoms with Crippen LogP contribution in [-0.4, -0.2) is 37.6 Å². The summed E-state index contributed by atoms with van der Waals surface area (Å²) in [6.07, 6.45) is 1.80. The smallest absolute Gasteiger partial charge is 0.141 e. The lowest BCUT2D eigenvalue weighted by atomic mass is 10.1. The summed E-state index contributed by atoms with van der Waals surface area (Å²) in [6.45, 7) is 5.52. The van der Waals surface area contributed by atoms with Crippen LogP contribution in [0.1, 0.15) is 11.1 Å². The average molecular weight is 296 g/mol. The number of aryl methyl sites for hydroxylation is 1. The molecule has 1 aliphatic heterocycles. The molecule has 1 aliphatic rings. The fourth-order valence-corrected chi connectivity index (χ4v) is 2.54. The third kappa shape index (κ3) is 3.28. The summed E-state index contributed by atoms with van der Waals surface area (Å²) in [5, 5.41) is 9.74. The molecule has 0 aliphatic carbocycles. The number of phenols is 1. The lowest BCUT2D eigenvalue weighted by molar-refractivity contribution is 0.122. The van der Waals surface area contributed by atoms with E-state index in [1.165, 1.54) is 11.3 Å². The number of nitrogens with zero attached hydrogens (tertiary/aromatic N) is 2. The van der Waals surface area contributed by atoms with Gasteiger partial charge in [-0.15, -0.1) is 0 Å². The zero-order valence-electron chi connectivity index (χ0n) is 12.7. The van der Waals surface area contributed by atoms with Crippen molar-refractivity contribution in [2.45, 2.75) is 6.92 Å². The minimum absolute atomic E-state index is 0.196. The Kier molecular flexibility index (Phi) is 4.39. The summed E-state index contributed by atoms with van der Waals surface area (Å²) >= 11 is 0. The van der Waals surface area contributed by atoms with E-state index in [4.69, 9.17) is 4.74 Å². The molecule has 0 unspecified atom stereocenters. The van der Waals surface area contributed by atoms with E-state index >= 15 is 0 Å². The number of para-hydroxylation sites is 2. The Labute approximate surface area is 130 Å². The Bertz CT molecular complexity index is 677. The Morgan fingerprint density at radius 1 is 1.14 bits per heavy atom. The molecule has 0 spiro atoms. The van der Waals surface area contributed by atoms with Crippen molar-refractivity contribution < 1.29 is 9.84 Å². The summed E-state index contributed by atoms with van der Waals surface area (Å²) in [4.78, 5) is 6.70. The third-order valence-corrected chi connectivity index (χ3v) is 3.85. The molecule has 0 atom stereocenters. The normalized spacial score (nSPS) is 15.4. The van der Waals surface area contributed by atoms with Gasteiger partial charge in [-0.3, -0.25) is 4.99 Å². The predicted octanol–water partition coefficient (Wildman–Crippen LogP) is 3.29. The zero-order valence-corrected chi connectivity index (χ0v) is 12.7. The van der Waals surface area contributed by atoms with Crippen molar-refractivity contribution in [2.75, 3.05) is 31.2 Å². The molecule has 3 rings (SSSR count). The van der Waals surface area contributed by atoms with Gasteiger partial charge in [0.2, 0.25) is 0 Å². The first kappa shape index (κ1) is 14.6. The van der Waals surface area contributed by atoms with Crippen LogP contribution >= 0.6 is 0 Å². The first-order valence-electron chi connectivity index (χ1n) is 7.49. The van der Waals surface area contributed by atoms with Crippen LogP contribution in [0.25, 0.3) is 0 Å². The second-order valence-corrected chi connectivity index (χ2v) is 5.39. The van der Waals surface area contributed by atoms with Gasteiger partial charge in [-0.2, -0.15) is 0 Å². The summed E-state index contributed by atoms with van der Waals surface area (Å²) < 4.78 is 5.39. The Morgan fingerprint density at radius 3 is 2.64 bits per heavy atom. The molecule has 0 amide bonds. The first-order valence-corrected chi connectivity index (χ1v) is 7.49. The van der Waals surface area contributed by atoms with E-state index in [9.17, 15) is 5.11 Å². The van der Waals surface area contributed by atoms with Crippen molar-refractivity contribution in [3.63, 3.8) is 0 Å². The van der Waals surface area contributed by atoms with Crippen molar-refractivity contribution in [3.05, 3.63) is 53.6 Å². The molecule has 4 nitrogen and oxygen atoms in total. The van der Waals surface area contributed by atoms with Gasteiger partial charge in [0, 0.05) is 25.0 Å². The number of aliphatic imine (C=N–C) groups is 1. The molecular weight excluding hydrogens is 276 g/mol. The highest BCUT2D eigenvalue weighted by molar-refractivity contribution is 5.85. The molecule has 4 heteroatoms. The van der Waals surface area contributed by atoms with E-state index in [2.05, 4.69) is 35.0 Å². The molecule has 1 fully saturated rings. The maximum absolute atomic E-state index is 9.74. The lowest BCUT2D eigenvalue weighted by Gasteiger charge is -2.29. The standard InChI is InChI=1S/C18H20N2O2/c1-14-12-16(20-8-10-22-11-9-20)7-6-15(14)13-19-17-4-2-3-5-18(17)21/h2-7,12-13,21H,8-11H2,1H3. The van der Waals surface area contributed by atoms with Crippen molar-refractivity contribution in [1.82, 2.24) is 0 Å². The Morgan fingerprint density at radius 2 is 1.91 bits per heavy atom. The molecule has 0 bridgehead atoms. The molecule has 2 aromatic carbocycles. The first-order chi connectivity index (χ1) is 10.7. The highest BCUT2D eigenvalue weighted by Gasteiger charge is 2.11. The molecule has 1 N–H and O–H groups in total. The van der Waals surface area contributed by atoms with Gasteiger partial charge in [-0.05, 0) is 42.3 Å². The molecule has 22 heavy (non-hydrogen) atoms. The van der Waals surface area contributed by atoms with E-state index in [-0.39, 0.29) is 5.75 Å². The number of phenolic OH excluding ortho intramolecular Hbond substituents is 1. The van der Waals surface area contributed by atoms with Gasteiger partial charge in [0.1, 0.15) is 11.4 Å². The summed E-state index contributed by atoms with van der Waals surface area (Å²) in [5.41, 5.74) is 4.03. The Balaban J connectivity index is 1.79. The van der Waals surface area contributed by atoms with Crippen LogP contribution in [-0.2, 0) is 4.74 Å². The minimum Gasteiger partial charge on any atom is -0.506 e. The molecule has 2 aromatic rings. The molecule has 0 radical (unpaired) electrons. The number of hydrogen-bond donors (Lipinski definition) is 1. The van der Waals surface area contributed by atoms with Crippen LogP contribution in [0, 0.1) is 6.92 Å². The molecular formula is C18H20N2O2. The van der Waals surface area contributed by atoms with E-state index in [0.29, 0.717) is 5.69 Å². The van der Waals surface area contributed by atoms with E-state index in [1.807, 2.05) is 6.07 Å². The van der Waals surface area contributed by atoms with Crippen LogP contribution in [0.5, 0.6) is 5.75 Å². The van der Waals surface area contributed by atoms with Crippen LogP contribution in [0.4, 0.5) is 11.4 Å². The number of aromatic hydroxyl groups is 1. The van der Waals surface area contributed by atoms with E-state index in [1.54, 1.807) is 24.4 Å². The van der Waals surface area contributed by atoms with E-state index in [0.717, 1.165) is 31.9 Å². The second kappa shape index (κ2) is 6.62. The van der Waals surface area contributed by atoms with Gasteiger partial charge >= 0.3 is 0 Å². The van der Waals surface area contributed by atoms with Gasteiger partial charge in [-0.25, -0.2) is 0 Å². The maximum atomic E-state index is 9.74. The molecule has 1 saturated heterocycles. The molecule has 0 aromatic heterocycles. The van der Waals surface area contributed by atoms with E-state index < -0.39 is 0 Å². The summed E-state index contributed by atoms with van der Waals surface area (Å²) in [6, 6.07) is 13.5. The van der Waals surface area contributed by atoms with Crippen LogP contribution in [0.2, 0.25) is 0 Å². The topological polar surface area (TPSA) is 45.1 Å². The largest absolute Gasteiger partial charge is 0.506 e. The number of hydrogen-bond acceptors (Lipinski definition) is 4. The van der Waals surface area contributed by atoms with Crippen LogP contribution < -0.4 is 4.90 Å². The minimum atomic E-state index is 0.196. The number of benzene rings is 2. The highest BCUT2D eigenvalue weighted by Crippen LogP contribution is 2.25. The number of ether oxygens (including phenoxy) is 1. The third-order valence-electron chi connectivity index (χ3n) is 3.85. The summed E-state index contributed by atoms with van der Waals surface area (Å²) in [5.74, 6) is 0.196. The zero-order chi connectivity index (χ0) is 15.4. The van der Waals surface area contributed by atoms with Gasteiger partial charge in [-0.1, -0.05) is 18.2 Å². The molecule has 0 saturated carbocycles. The second-order valence-electron chi connectivity index (χ2n) is 5.39. The Hall–Kier alpha value is -2.33. The fourth-order valence-electron chi connectivity index (χ4n) is 2.54. The summed E-state index contributed by atoms with van der Waals surface area (Å²) in [7, 11) is 0. The maximum Gasteiger partial charge on any atom is 0.141 e. The van der Waals surface area contributed by atoms with Gasteiger partial charge in [0.25, 0.3) is 0 Å². The quantitative estimate of drug-likeness (QED) is 0.884. The van der Waals surface area contributed by atoms with Gasteiger partial charge in [0.15, 0.2) is 0 Å². The van der Waals surface area contributed by atoms with Crippen molar-refractivity contribution in [1.29, 1.82) is 0 Å².